The Bertz CT molecular complexity index is 929. The number of amides is 1. The van der Waals surface area contributed by atoms with Crippen LogP contribution < -0.4 is 14.8 Å². The Morgan fingerprint density at radius 3 is 2.67 bits per heavy atom. The highest BCUT2D eigenvalue weighted by Crippen LogP contribution is 2.32. The lowest BCUT2D eigenvalue weighted by Gasteiger charge is -2.07. The van der Waals surface area contributed by atoms with Gasteiger partial charge in [-0.3, -0.25) is 4.79 Å². The van der Waals surface area contributed by atoms with Gasteiger partial charge in [0.05, 0.1) is 5.69 Å². The first kappa shape index (κ1) is 18.3. The van der Waals surface area contributed by atoms with Crippen LogP contribution in [0, 0.1) is 17.5 Å². The fourth-order valence-electron chi connectivity index (χ4n) is 2.17. The van der Waals surface area contributed by atoms with Crippen LogP contribution in [-0.4, -0.2) is 25.3 Å². The van der Waals surface area contributed by atoms with Crippen molar-refractivity contribution in [1.82, 2.24) is 0 Å². The minimum Gasteiger partial charge on any atom is -0.454 e. The molecule has 6 nitrogen and oxygen atoms in total. The monoisotopic (exact) mass is 379 g/mol. The van der Waals surface area contributed by atoms with Crippen molar-refractivity contribution in [1.29, 1.82) is 0 Å². The number of carbonyl (C=O) groups is 2. The molecule has 1 N–H and O–H groups in total. The van der Waals surface area contributed by atoms with Gasteiger partial charge in [0.1, 0.15) is 0 Å². The van der Waals surface area contributed by atoms with Crippen molar-refractivity contribution in [2.24, 2.45) is 0 Å². The molecule has 1 aliphatic rings. The number of hydrogen-bond acceptors (Lipinski definition) is 5. The van der Waals surface area contributed by atoms with Crippen molar-refractivity contribution in [2.45, 2.75) is 0 Å². The van der Waals surface area contributed by atoms with Crippen molar-refractivity contribution in [3.63, 3.8) is 0 Å². The lowest BCUT2D eigenvalue weighted by Crippen LogP contribution is -2.21. The number of esters is 1. The summed E-state index contributed by atoms with van der Waals surface area (Å²) in [6.45, 7) is -0.610. The Balaban J connectivity index is 1.51. The highest BCUT2D eigenvalue weighted by Gasteiger charge is 2.16. The number of halogens is 3. The standard InChI is InChI=1S/C18H12F3NO5/c19-11-3-4-12(18(21)17(11)20)22-15(23)8-25-16(24)6-2-10-1-5-13-14(7-10)27-9-26-13/h1-7H,8-9H2,(H,22,23)/b6-2+. The molecule has 0 unspecified atom stereocenters. The number of ether oxygens (including phenoxy) is 3. The largest absolute Gasteiger partial charge is 0.454 e. The first-order valence-corrected chi connectivity index (χ1v) is 7.62. The molecule has 1 amide bonds. The molecule has 0 atom stereocenters. The van der Waals surface area contributed by atoms with Gasteiger partial charge in [0.25, 0.3) is 5.91 Å². The van der Waals surface area contributed by atoms with E-state index in [2.05, 4.69) is 0 Å². The third-order valence-corrected chi connectivity index (χ3v) is 3.46. The van der Waals surface area contributed by atoms with Crippen LogP contribution >= 0.6 is 0 Å². The van der Waals surface area contributed by atoms with Gasteiger partial charge >= 0.3 is 5.97 Å². The average molecular weight is 379 g/mol. The van der Waals surface area contributed by atoms with Gasteiger partial charge in [-0.25, -0.2) is 18.0 Å². The molecule has 1 aliphatic heterocycles. The van der Waals surface area contributed by atoms with Gasteiger partial charge in [-0.15, -0.1) is 0 Å². The van der Waals surface area contributed by atoms with E-state index >= 15 is 0 Å². The summed E-state index contributed by atoms with van der Waals surface area (Å²) in [7, 11) is 0. The van der Waals surface area contributed by atoms with Crippen LogP contribution in [0.5, 0.6) is 11.5 Å². The molecule has 2 aromatic carbocycles. The average Bonchev–Trinajstić information content (AvgIpc) is 3.13. The second-order valence-corrected chi connectivity index (χ2v) is 5.32. The van der Waals surface area contributed by atoms with Gasteiger partial charge in [-0.05, 0) is 35.9 Å². The second kappa shape index (κ2) is 7.81. The van der Waals surface area contributed by atoms with Crippen LogP contribution in [0.3, 0.4) is 0 Å². The highest BCUT2D eigenvalue weighted by molar-refractivity contribution is 5.94. The van der Waals surface area contributed by atoms with Crippen LogP contribution in [0.4, 0.5) is 18.9 Å². The minimum atomic E-state index is -1.71. The summed E-state index contributed by atoms with van der Waals surface area (Å²) in [5.74, 6) is -5.24. The first-order chi connectivity index (χ1) is 12.9. The fraction of sp³-hybridized carbons (Fsp3) is 0.111. The van der Waals surface area contributed by atoms with E-state index in [9.17, 15) is 22.8 Å². The smallest absolute Gasteiger partial charge is 0.331 e. The van der Waals surface area contributed by atoms with Crippen LogP contribution in [0.25, 0.3) is 6.08 Å². The normalized spacial score (nSPS) is 12.3. The number of carbonyl (C=O) groups excluding carboxylic acids is 2. The molecule has 0 saturated heterocycles. The molecule has 2 aromatic rings. The molecular weight excluding hydrogens is 367 g/mol. The first-order valence-electron chi connectivity index (χ1n) is 7.62. The Hall–Kier alpha value is -3.49. The van der Waals surface area contributed by atoms with Crippen molar-refractivity contribution < 1.29 is 37.0 Å². The minimum absolute atomic E-state index is 0.123. The Labute approximate surface area is 151 Å². The number of anilines is 1. The van der Waals surface area contributed by atoms with Crippen LogP contribution in [-0.2, 0) is 14.3 Å². The van der Waals surface area contributed by atoms with Gasteiger partial charge in [0.2, 0.25) is 6.79 Å². The van der Waals surface area contributed by atoms with E-state index in [1.807, 2.05) is 5.32 Å². The van der Waals surface area contributed by atoms with Gasteiger partial charge in [0.15, 0.2) is 35.6 Å². The number of benzene rings is 2. The predicted molar refractivity (Wildman–Crippen MR) is 87.5 cm³/mol. The van der Waals surface area contributed by atoms with E-state index in [0.717, 1.165) is 12.1 Å². The van der Waals surface area contributed by atoms with Gasteiger partial charge in [0, 0.05) is 6.08 Å². The number of nitrogens with one attached hydrogen (secondary N) is 1. The summed E-state index contributed by atoms with van der Waals surface area (Å²) in [5, 5.41) is 1.98. The van der Waals surface area contributed by atoms with Crippen molar-refractivity contribution >= 4 is 23.6 Å². The summed E-state index contributed by atoms with van der Waals surface area (Å²) >= 11 is 0. The molecule has 140 valence electrons. The molecule has 27 heavy (non-hydrogen) atoms. The zero-order chi connectivity index (χ0) is 19.4. The molecule has 9 heteroatoms. The van der Waals surface area contributed by atoms with E-state index in [4.69, 9.17) is 14.2 Å². The van der Waals surface area contributed by atoms with Crippen molar-refractivity contribution in [3.8, 4) is 11.5 Å². The summed E-state index contributed by atoms with van der Waals surface area (Å²) in [6, 6.07) is 6.54. The highest BCUT2D eigenvalue weighted by atomic mass is 19.2. The fourth-order valence-corrected chi connectivity index (χ4v) is 2.17. The topological polar surface area (TPSA) is 73.9 Å². The molecule has 0 bridgehead atoms. The molecule has 0 saturated carbocycles. The van der Waals surface area contributed by atoms with Crippen LogP contribution in [0.2, 0.25) is 0 Å². The van der Waals surface area contributed by atoms with Gasteiger partial charge in [-0.1, -0.05) is 6.07 Å². The van der Waals surface area contributed by atoms with Crippen LogP contribution in [0.1, 0.15) is 5.56 Å². The third kappa shape index (κ3) is 4.38. The van der Waals surface area contributed by atoms with E-state index in [-0.39, 0.29) is 6.79 Å². The number of rotatable bonds is 5. The molecule has 0 aromatic heterocycles. The predicted octanol–water partition coefficient (Wildman–Crippen LogP) is 3.03. The quantitative estimate of drug-likeness (QED) is 0.491. The van der Waals surface area contributed by atoms with E-state index in [1.54, 1.807) is 18.2 Å². The maximum atomic E-state index is 13.5. The maximum absolute atomic E-state index is 13.5. The summed E-state index contributed by atoms with van der Waals surface area (Å²) < 4.78 is 54.4. The van der Waals surface area contributed by atoms with Gasteiger partial charge < -0.3 is 19.5 Å². The second-order valence-electron chi connectivity index (χ2n) is 5.32. The number of hydrogen-bond donors (Lipinski definition) is 1. The van der Waals surface area contributed by atoms with Crippen molar-refractivity contribution in [2.75, 3.05) is 18.7 Å². The third-order valence-electron chi connectivity index (χ3n) is 3.46. The van der Waals surface area contributed by atoms with E-state index in [0.29, 0.717) is 23.1 Å². The number of fused-ring (bicyclic) bond motifs is 1. The molecule has 0 spiro atoms. The zero-order valence-electron chi connectivity index (χ0n) is 13.6. The Morgan fingerprint density at radius 1 is 1.07 bits per heavy atom. The Kier molecular flexibility index (Phi) is 5.30. The molecular formula is C18H12F3NO5. The zero-order valence-corrected chi connectivity index (χ0v) is 13.6. The summed E-state index contributed by atoms with van der Waals surface area (Å²) in [5.41, 5.74) is 0.0790. The molecule has 0 fully saturated rings. The molecule has 0 aliphatic carbocycles. The molecule has 3 rings (SSSR count). The molecule has 0 radical (unpaired) electrons. The lowest BCUT2D eigenvalue weighted by atomic mass is 10.2. The summed E-state index contributed by atoms with van der Waals surface area (Å²) in [4.78, 5) is 23.3. The maximum Gasteiger partial charge on any atom is 0.331 e. The van der Waals surface area contributed by atoms with Crippen molar-refractivity contribution in [3.05, 3.63) is 59.4 Å². The molecule has 1 heterocycles. The van der Waals surface area contributed by atoms with Gasteiger partial charge in [-0.2, -0.15) is 0 Å². The summed E-state index contributed by atoms with van der Waals surface area (Å²) in [6.07, 6.45) is 2.53. The van der Waals surface area contributed by atoms with E-state index in [1.165, 1.54) is 6.08 Å². The lowest BCUT2D eigenvalue weighted by molar-refractivity contribution is -0.142. The SMILES string of the molecule is O=C(COC(=O)/C=C/c1ccc2c(c1)OCO2)Nc1ccc(F)c(F)c1F. The van der Waals surface area contributed by atoms with E-state index < -0.39 is 41.6 Å². The van der Waals surface area contributed by atoms with Crippen LogP contribution in [0.15, 0.2) is 36.4 Å². The Morgan fingerprint density at radius 2 is 1.85 bits per heavy atom.